The molecule has 2 atom stereocenters. The Balaban J connectivity index is 2.10. The minimum atomic E-state index is 0.362. The third kappa shape index (κ3) is 1.17. The number of hydrogen-bond acceptors (Lipinski definition) is 2. The van der Waals surface area contributed by atoms with E-state index in [0.717, 1.165) is 25.2 Å². The van der Waals surface area contributed by atoms with Crippen molar-refractivity contribution in [3.63, 3.8) is 0 Å². The fourth-order valence-corrected chi connectivity index (χ4v) is 1.82. The van der Waals surface area contributed by atoms with Crippen molar-refractivity contribution in [3.8, 4) is 0 Å². The van der Waals surface area contributed by atoms with Crippen molar-refractivity contribution in [2.24, 2.45) is 4.99 Å². The fourth-order valence-electron chi connectivity index (χ4n) is 1.82. The molecular weight excluding hydrogens is 138 g/mol. The zero-order valence-electron chi connectivity index (χ0n) is 6.84. The van der Waals surface area contributed by atoms with Crippen LogP contribution in [0, 0.1) is 0 Å². The summed E-state index contributed by atoms with van der Waals surface area (Å²) in [5.74, 6) is 0.856. The van der Waals surface area contributed by atoms with Crippen LogP contribution in [0.4, 0.5) is 0 Å². The summed E-state index contributed by atoms with van der Waals surface area (Å²) in [4.78, 5) is 4.39. The summed E-state index contributed by atoms with van der Waals surface area (Å²) in [6, 6.07) is 0.385. The van der Waals surface area contributed by atoms with Gasteiger partial charge in [0, 0.05) is 6.92 Å². The normalized spacial score (nSPS) is 36.1. The molecule has 0 amide bonds. The summed E-state index contributed by atoms with van der Waals surface area (Å²) in [6.07, 6.45) is 3.61. The summed E-state index contributed by atoms with van der Waals surface area (Å²) in [6.45, 7) is 5.91. The Kier molecular flexibility index (Phi) is 1.48. The lowest BCUT2D eigenvalue weighted by Gasteiger charge is -2.23. The average Bonchev–Trinajstić information content (AvgIpc) is 2.27. The quantitative estimate of drug-likeness (QED) is 0.485. The standard InChI is InChI=1S/C9H13NO/c1-6-3-4-9-8(5-6)10-7(2)11-9/h8-9H,1,3-5H2,2H3. The lowest BCUT2D eigenvalue weighted by atomic mass is 9.90. The molecule has 0 N–H and O–H groups in total. The number of rotatable bonds is 0. The Labute approximate surface area is 67.0 Å². The van der Waals surface area contributed by atoms with E-state index in [-0.39, 0.29) is 0 Å². The van der Waals surface area contributed by atoms with Crippen LogP contribution in [0.15, 0.2) is 17.1 Å². The number of nitrogens with zero attached hydrogens (tertiary/aromatic N) is 1. The van der Waals surface area contributed by atoms with Gasteiger partial charge in [-0.2, -0.15) is 0 Å². The monoisotopic (exact) mass is 151 g/mol. The van der Waals surface area contributed by atoms with Crippen molar-refractivity contribution in [2.45, 2.75) is 38.3 Å². The predicted octanol–water partition coefficient (Wildman–Crippen LogP) is 1.91. The highest BCUT2D eigenvalue weighted by Gasteiger charge is 2.32. The first-order chi connectivity index (χ1) is 5.25. The van der Waals surface area contributed by atoms with Gasteiger partial charge in [-0.3, -0.25) is 0 Å². The summed E-state index contributed by atoms with van der Waals surface area (Å²) >= 11 is 0. The van der Waals surface area contributed by atoms with Crippen molar-refractivity contribution in [3.05, 3.63) is 12.2 Å². The van der Waals surface area contributed by atoms with Crippen LogP contribution >= 0.6 is 0 Å². The van der Waals surface area contributed by atoms with Gasteiger partial charge in [0.15, 0.2) is 5.90 Å². The first-order valence-electron chi connectivity index (χ1n) is 4.13. The van der Waals surface area contributed by atoms with Crippen LogP contribution in [0.3, 0.4) is 0 Å². The van der Waals surface area contributed by atoms with Gasteiger partial charge in [-0.25, -0.2) is 4.99 Å². The molecule has 0 aromatic rings. The van der Waals surface area contributed by atoms with Crippen LogP contribution in [-0.4, -0.2) is 18.0 Å². The highest BCUT2D eigenvalue weighted by Crippen LogP contribution is 2.30. The molecule has 60 valence electrons. The van der Waals surface area contributed by atoms with Crippen LogP contribution in [0.2, 0.25) is 0 Å². The van der Waals surface area contributed by atoms with Gasteiger partial charge in [-0.05, 0) is 19.3 Å². The molecule has 1 heterocycles. The molecule has 1 fully saturated rings. The molecule has 2 rings (SSSR count). The zero-order chi connectivity index (χ0) is 7.84. The van der Waals surface area contributed by atoms with E-state index in [1.807, 2.05) is 6.92 Å². The number of fused-ring (bicyclic) bond motifs is 1. The summed E-state index contributed by atoms with van der Waals surface area (Å²) in [7, 11) is 0. The van der Waals surface area contributed by atoms with Crippen LogP contribution in [0.1, 0.15) is 26.2 Å². The van der Waals surface area contributed by atoms with Crippen LogP contribution in [0.25, 0.3) is 0 Å². The number of aliphatic imine (C=N–C) groups is 1. The van der Waals surface area contributed by atoms with E-state index in [0.29, 0.717) is 12.1 Å². The van der Waals surface area contributed by atoms with Gasteiger partial charge >= 0.3 is 0 Å². The Morgan fingerprint density at radius 2 is 2.45 bits per heavy atom. The third-order valence-electron chi connectivity index (χ3n) is 2.38. The number of ether oxygens (including phenoxy) is 1. The molecular formula is C9H13NO. The largest absolute Gasteiger partial charge is 0.476 e. The highest BCUT2D eigenvalue weighted by molar-refractivity contribution is 5.75. The van der Waals surface area contributed by atoms with Crippen LogP contribution < -0.4 is 0 Å². The van der Waals surface area contributed by atoms with Gasteiger partial charge in [0.05, 0.1) is 6.04 Å². The maximum Gasteiger partial charge on any atom is 0.180 e. The second-order valence-electron chi connectivity index (χ2n) is 3.36. The van der Waals surface area contributed by atoms with Gasteiger partial charge in [0.1, 0.15) is 6.10 Å². The van der Waals surface area contributed by atoms with Gasteiger partial charge in [-0.1, -0.05) is 12.2 Å². The molecule has 2 heteroatoms. The van der Waals surface area contributed by atoms with E-state index in [4.69, 9.17) is 4.74 Å². The van der Waals surface area contributed by atoms with E-state index in [2.05, 4.69) is 11.6 Å². The maximum absolute atomic E-state index is 5.52. The van der Waals surface area contributed by atoms with Crippen LogP contribution in [0.5, 0.6) is 0 Å². The van der Waals surface area contributed by atoms with Gasteiger partial charge in [-0.15, -0.1) is 0 Å². The van der Waals surface area contributed by atoms with Crippen molar-refractivity contribution in [1.29, 1.82) is 0 Å². The minimum absolute atomic E-state index is 0.362. The molecule has 0 aromatic heterocycles. The highest BCUT2D eigenvalue weighted by atomic mass is 16.5. The second kappa shape index (κ2) is 2.36. The molecule has 0 saturated heterocycles. The molecule has 2 nitrogen and oxygen atoms in total. The molecule has 11 heavy (non-hydrogen) atoms. The van der Waals surface area contributed by atoms with Gasteiger partial charge < -0.3 is 4.74 Å². The van der Waals surface area contributed by atoms with Crippen molar-refractivity contribution < 1.29 is 4.74 Å². The van der Waals surface area contributed by atoms with Crippen molar-refractivity contribution >= 4 is 5.90 Å². The van der Waals surface area contributed by atoms with E-state index in [9.17, 15) is 0 Å². The Bertz CT molecular complexity index is 220. The summed E-state index contributed by atoms with van der Waals surface area (Å²) in [5.41, 5.74) is 1.33. The molecule has 0 spiro atoms. The smallest absolute Gasteiger partial charge is 0.180 e. The molecule has 1 aliphatic carbocycles. The minimum Gasteiger partial charge on any atom is -0.476 e. The van der Waals surface area contributed by atoms with Gasteiger partial charge in [0.25, 0.3) is 0 Å². The third-order valence-corrected chi connectivity index (χ3v) is 2.38. The molecule has 1 saturated carbocycles. The van der Waals surface area contributed by atoms with Crippen molar-refractivity contribution in [1.82, 2.24) is 0 Å². The van der Waals surface area contributed by atoms with Crippen LogP contribution in [-0.2, 0) is 4.74 Å². The lowest BCUT2D eigenvalue weighted by Crippen LogP contribution is -2.26. The van der Waals surface area contributed by atoms with Gasteiger partial charge in [0.2, 0.25) is 0 Å². The van der Waals surface area contributed by atoms with E-state index in [1.165, 1.54) is 5.57 Å². The summed E-state index contributed by atoms with van der Waals surface area (Å²) < 4.78 is 5.52. The molecule has 0 aromatic carbocycles. The first-order valence-corrected chi connectivity index (χ1v) is 4.13. The fraction of sp³-hybridized carbons (Fsp3) is 0.667. The average molecular weight is 151 g/mol. The molecule has 1 aliphatic heterocycles. The second-order valence-corrected chi connectivity index (χ2v) is 3.36. The summed E-state index contributed by atoms with van der Waals surface area (Å²) in [5, 5.41) is 0. The predicted molar refractivity (Wildman–Crippen MR) is 44.8 cm³/mol. The molecule has 2 unspecified atom stereocenters. The Morgan fingerprint density at radius 3 is 3.27 bits per heavy atom. The molecule has 2 aliphatic rings. The zero-order valence-corrected chi connectivity index (χ0v) is 6.84. The Hall–Kier alpha value is -0.790. The van der Waals surface area contributed by atoms with Crippen molar-refractivity contribution in [2.75, 3.05) is 0 Å². The number of hydrogen-bond donors (Lipinski definition) is 0. The lowest BCUT2D eigenvalue weighted by molar-refractivity contribution is 0.167. The maximum atomic E-state index is 5.52. The molecule has 0 bridgehead atoms. The van der Waals surface area contributed by atoms with E-state index in [1.54, 1.807) is 0 Å². The molecule has 0 radical (unpaired) electrons. The van der Waals surface area contributed by atoms with E-state index < -0.39 is 0 Å². The Morgan fingerprint density at radius 1 is 1.64 bits per heavy atom. The topological polar surface area (TPSA) is 21.6 Å². The first kappa shape index (κ1) is 6.89. The van der Waals surface area contributed by atoms with E-state index >= 15 is 0 Å². The SMILES string of the molecule is C=C1CCC2OC(C)=NC2C1.